The summed E-state index contributed by atoms with van der Waals surface area (Å²) < 4.78 is 4.86. The average molecular weight is 295 g/mol. The third-order valence-corrected chi connectivity index (χ3v) is 3.35. The van der Waals surface area contributed by atoms with E-state index in [0.717, 1.165) is 5.56 Å². The SMILES string of the molecule is COC(=O)/C(=C/c1ccc(C)cc1)CNCc1ccccc1. The summed E-state index contributed by atoms with van der Waals surface area (Å²) >= 11 is 0. The molecule has 0 saturated carbocycles. The van der Waals surface area contributed by atoms with E-state index in [1.165, 1.54) is 18.2 Å². The molecule has 0 aliphatic carbocycles. The molecule has 0 unspecified atom stereocenters. The van der Waals surface area contributed by atoms with Crippen LogP contribution >= 0.6 is 0 Å². The number of hydrogen-bond donors (Lipinski definition) is 1. The topological polar surface area (TPSA) is 38.3 Å². The van der Waals surface area contributed by atoms with Crippen LogP contribution in [0.4, 0.5) is 0 Å². The Bertz CT molecular complexity index is 630. The van der Waals surface area contributed by atoms with E-state index in [9.17, 15) is 4.79 Å². The van der Waals surface area contributed by atoms with Crippen molar-refractivity contribution in [3.8, 4) is 0 Å². The molecule has 22 heavy (non-hydrogen) atoms. The Morgan fingerprint density at radius 1 is 1.09 bits per heavy atom. The lowest BCUT2D eigenvalue weighted by atomic mass is 10.1. The van der Waals surface area contributed by atoms with Gasteiger partial charge in [0.25, 0.3) is 0 Å². The first-order valence-corrected chi connectivity index (χ1v) is 7.29. The minimum atomic E-state index is -0.305. The first-order chi connectivity index (χ1) is 10.7. The van der Waals surface area contributed by atoms with Gasteiger partial charge in [-0.1, -0.05) is 60.2 Å². The first-order valence-electron chi connectivity index (χ1n) is 7.29. The second-order valence-corrected chi connectivity index (χ2v) is 5.16. The Hall–Kier alpha value is -2.39. The Kier molecular flexibility index (Phi) is 5.92. The Labute approximate surface area is 131 Å². The highest BCUT2D eigenvalue weighted by atomic mass is 16.5. The van der Waals surface area contributed by atoms with Crippen molar-refractivity contribution in [2.75, 3.05) is 13.7 Å². The fraction of sp³-hybridized carbons (Fsp3) is 0.211. The molecule has 3 nitrogen and oxygen atoms in total. The van der Waals surface area contributed by atoms with Crippen LogP contribution in [0.2, 0.25) is 0 Å². The highest BCUT2D eigenvalue weighted by Gasteiger charge is 2.09. The number of carbonyl (C=O) groups is 1. The molecule has 0 fully saturated rings. The summed E-state index contributed by atoms with van der Waals surface area (Å²) in [7, 11) is 1.41. The molecular formula is C19H21NO2. The summed E-state index contributed by atoms with van der Waals surface area (Å²) in [6.07, 6.45) is 1.86. The van der Waals surface area contributed by atoms with Crippen molar-refractivity contribution >= 4 is 12.0 Å². The molecule has 0 saturated heterocycles. The van der Waals surface area contributed by atoms with E-state index in [1.807, 2.05) is 55.5 Å². The zero-order valence-electron chi connectivity index (χ0n) is 13.0. The highest BCUT2D eigenvalue weighted by Crippen LogP contribution is 2.10. The van der Waals surface area contributed by atoms with E-state index in [4.69, 9.17) is 4.74 Å². The van der Waals surface area contributed by atoms with Gasteiger partial charge in [0, 0.05) is 13.1 Å². The van der Waals surface area contributed by atoms with Crippen molar-refractivity contribution in [1.29, 1.82) is 0 Å². The minimum absolute atomic E-state index is 0.305. The van der Waals surface area contributed by atoms with Gasteiger partial charge in [-0.05, 0) is 24.1 Å². The molecule has 0 aromatic heterocycles. The minimum Gasteiger partial charge on any atom is -0.466 e. The molecule has 2 aromatic carbocycles. The number of aryl methyl sites for hydroxylation is 1. The van der Waals surface area contributed by atoms with Gasteiger partial charge in [0.1, 0.15) is 0 Å². The fourth-order valence-electron chi connectivity index (χ4n) is 2.11. The van der Waals surface area contributed by atoms with Crippen molar-refractivity contribution in [2.45, 2.75) is 13.5 Å². The van der Waals surface area contributed by atoms with Gasteiger partial charge in [-0.15, -0.1) is 0 Å². The number of methoxy groups -OCH3 is 1. The van der Waals surface area contributed by atoms with E-state index < -0.39 is 0 Å². The van der Waals surface area contributed by atoms with Gasteiger partial charge >= 0.3 is 5.97 Å². The molecule has 0 heterocycles. The molecule has 0 aliphatic heterocycles. The standard InChI is InChI=1S/C19H21NO2/c1-15-8-10-16(11-9-15)12-18(19(21)22-2)14-20-13-17-6-4-3-5-7-17/h3-12,20H,13-14H2,1-2H3/b18-12+. The number of nitrogens with one attached hydrogen (secondary N) is 1. The third kappa shape index (κ3) is 4.86. The normalized spacial score (nSPS) is 11.3. The lowest BCUT2D eigenvalue weighted by Crippen LogP contribution is -2.21. The summed E-state index contributed by atoms with van der Waals surface area (Å²) in [5, 5.41) is 3.28. The summed E-state index contributed by atoms with van der Waals surface area (Å²) in [6.45, 7) is 3.22. The maximum Gasteiger partial charge on any atom is 0.335 e. The number of benzene rings is 2. The zero-order chi connectivity index (χ0) is 15.8. The van der Waals surface area contributed by atoms with Gasteiger partial charge in [-0.3, -0.25) is 0 Å². The molecule has 0 bridgehead atoms. The van der Waals surface area contributed by atoms with Crippen LogP contribution in [0.25, 0.3) is 6.08 Å². The van der Waals surface area contributed by atoms with E-state index in [1.54, 1.807) is 0 Å². The second-order valence-electron chi connectivity index (χ2n) is 5.16. The van der Waals surface area contributed by atoms with E-state index in [0.29, 0.717) is 18.7 Å². The van der Waals surface area contributed by atoms with Crippen LogP contribution in [-0.2, 0) is 16.1 Å². The second kappa shape index (κ2) is 8.15. The molecule has 0 aliphatic rings. The molecular weight excluding hydrogens is 274 g/mol. The quantitative estimate of drug-likeness (QED) is 0.656. The van der Waals surface area contributed by atoms with Crippen molar-refractivity contribution in [2.24, 2.45) is 0 Å². The zero-order valence-corrected chi connectivity index (χ0v) is 13.0. The van der Waals surface area contributed by atoms with Crippen LogP contribution in [0.3, 0.4) is 0 Å². The molecule has 0 atom stereocenters. The Morgan fingerprint density at radius 3 is 2.41 bits per heavy atom. The Balaban J connectivity index is 2.03. The summed E-state index contributed by atoms with van der Waals surface area (Å²) in [4.78, 5) is 11.9. The van der Waals surface area contributed by atoms with Crippen molar-refractivity contribution in [3.63, 3.8) is 0 Å². The van der Waals surface area contributed by atoms with Gasteiger partial charge in [0.15, 0.2) is 0 Å². The molecule has 2 rings (SSSR count). The van der Waals surface area contributed by atoms with Crippen LogP contribution in [0, 0.1) is 6.92 Å². The van der Waals surface area contributed by atoms with E-state index in [-0.39, 0.29) is 5.97 Å². The van der Waals surface area contributed by atoms with Crippen LogP contribution in [0.1, 0.15) is 16.7 Å². The predicted octanol–water partition coefficient (Wildman–Crippen LogP) is 3.34. The number of rotatable bonds is 6. The molecule has 1 N–H and O–H groups in total. The summed E-state index contributed by atoms with van der Waals surface area (Å²) in [5.74, 6) is -0.305. The van der Waals surface area contributed by atoms with Gasteiger partial charge in [-0.2, -0.15) is 0 Å². The van der Waals surface area contributed by atoms with E-state index >= 15 is 0 Å². The van der Waals surface area contributed by atoms with Crippen LogP contribution in [-0.4, -0.2) is 19.6 Å². The number of hydrogen-bond acceptors (Lipinski definition) is 3. The van der Waals surface area contributed by atoms with Crippen molar-refractivity contribution in [3.05, 3.63) is 76.9 Å². The van der Waals surface area contributed by atoms with Gasteiger partial charge in [0.2, 0.25) is 0 Å². The van der Waals surface area contributed by atoms with Crippen LogP contribution in [0.5, 0.6) is 0 Å². The third-order valence-electron chi connectivity index (χ3n) is 3.35. The number of esters is 1. The maximum atomic E-state index is 11.9. The highest BCUT2D eigenvalue weighted by molar-refractivity contribution is 5.94. The smallest absolute Gasteiger partial charge is 0.335 e. The molecule has 2 aromatic rings. The van der Waals surface area contributed by atoms with Crippen LogP contribution < -0.4 is 5.32 Å². The van der Waals surface area contributed by atoms with Crippen LogP contribution in [0.15, 0.2) is 60.2 Å². The molecule has 0 spiro atoms. The predicted molar refractivity (Wildman–Crippen MR) is 89.3 cm³/mol. The lowest BCUT2D eigenvalue weighted by Gasteiger charge is -2.08. The largest absolute Gasteiger partial charge is 0.466 e. The summed E-state index contributed by atoms with van der Waals surface area (Å²) in [6, 6.07) is 18.1. The fourth-order valence-corrected chi connectivity index (χ4v) is 2.11. The maximum absolute atomic E-state index is 11.9. The molecule has 3 heteroatoms. The number of carbonyl (C=O) groups excluding carboxylic acids is 1. The van der Waals surface area contributed by atoms with Crippen molar-refractivity contribution < 1.29 is 9.53 Å². The average Bonchev–Trinajstić information content (AvgIpc) is 2.56. The van der Waals surface area contributed by atoms with Gasteiger partial charge in [-0.25, -0.2) is 4.79 Å². The first kappa shape index (κ1) is 16.0. The Morgan fingerprint density at radius 2 is 1.77 bits per heavy atom. The molecule has 0 radical (unpaired) electrons. The van der Waals surface area contributed by atoms with Crippen molar-refractivity contribution in [1.82, 2.24) is 5.32 Å². The van der Waals surface area contributed by atoms with E-state index in [2.05, 4.69) is 17.4 Å². The van der Waals surface area contributed by atoms with Gasteiger partial charge < -0.3 is 10.1 Å². The number of ether oxygens (including phenoxy) is 1. The lowest BCUT2D eigenvalue weighted by molar-refractivity contribution is -0.136. The molecule has 114 valence electrons. The monoisotopic (exact) mass is 295 g/mol. The summed E-state index contributed by atoms with van der Waals surface area (Å²) in [5.41, 5.74) is 3.98. The molecule has 0 amide bonds. The van der Waals surface area contributed by atoms with Gasteiger partial charge in [0.05, 0.1) is 12.7 Å².